The fourth-order valence-corrected chi connectivity index (χ4v) is 1.69. The molecule has 1 aromatic carbocycles. The normalized spacial score (nSPS) is 10.2. The van der Waals surface area contributed by atoms with Crippen molar-refractivity contribution in [2.24, 2.45) is 0 Å². The zero-order valence-corrected chi connectivity index (χ0v) is 11.2. The van der Waals surface area contributed by atoms with Crippen molar-refractivity contribution in [1.82, 2.24) is 4.98 Å². The van der Waals surface area contributed by atoms with Gasteiger partial charge in [-0.2, -0.15) is 0 Å². The van der Waals surface area contributed by atoms with Crippen LogP contribution in [0.4, 0.5) is 5.69 Å². The predicted molar refractivity (Wildman–Crippen MR) is 75.9 cm³/mol. The maximum Gasteiger partial charge on any atom is 0.147 e. The second kappa shape index (κ2) is 6.75. The molecule has 0 spiro atoms. The average Bonchev–Trinajstić information content (AvgIpc) is 2.47. The van der Waals surface area contributed by atoms with Crippen LogP contribution in [-0.4, -0.2) is 25.7 Å². The Balaban J connectivity index is 2.02. The minimum absolute atomic E-state index is 0.719. The molecule has 0 fully saturated rings. The Hall–Kier alpha value is -2.07. The number of methoxy groups -OCH3 is 1. The second-order valence-electron chi connectivity index (χ2n) is 4.15. The first-order chi connectivity index (χ1) is 9.31. The number of ether oxygens (including phenoxy) is 2. The maximum atomic E-state index is 5.75. The van der Waals surface area contributed by atoms with Crippen LogP contribution in [0, 0.1) is 0 Å². The number of pyridine rings is 1. The summed E-state index contributed by atoms with van der Waals surface area (Å²) in [5.41, 5.74) is 2.16. The molecule has 0 saturated carbocycles. The molecule has 0 aliphatic heterocycles. The minimum atomic E-state index is 0.719. The van der Waals surface area contributed by atoms with Crippen molar-refractivity contribution in [2.75, 3.05) is 26.1 Å². The highest BCUT2D eigenvalue weighted by Gasteiger charge is 2.00. The third kappa shape index (κ3) is 3.96. The van der Waals surface area contributed by atoms with Crippen molar-refractivity contribution in [3.63, 3.8) is 0 Å². The summed E-state index contributed by atoms with van der Waals surface area (Å²) in [6.45, 7) is 0.730. The molecule has 0 atom stereocenters. The molecule has 1 heterocycles. The smallest absolute Gasteiger partial charge is 0.147 e. The van der Waals surface area contributed by atoms with Crippen LogP contribution in [0.3, 0.4) is 0 Å². The first-order valence-electron chi connectivity index (χ1n) is 6.20. The summed E-state index contributed by atoms with van der Waals surface area (Å²) in [6, 6.07) is 9.91. The number of aromatic nitrogens is 1. The number of hydrogen-bond donors (Lipinski definition) is 1. The van der Waals surface area contributed by atoms with Gasteiger partial charge < -0.3 is 14.8 Å². The Bertz CT molecular complexity index is 512. The predicted octanol–water partition coefficient (Wildman–Crippen LogP) is 3.10. The molecule has 0 saturated heterocycles. The van der Waals surface area contributed by atoms with Crippen LogP contribution in [0.5, 0.6) is 11.5 Å². The van der Waals surface area contributed by atoms with E-state index in [9.17, 15) is 0 Å². The summed E-state index contributed by atoms with van der Waals surface area (Å²) in [4.78, 5) is 4.11. The lowest BCUT2D eigenvalue weighted by atomic mass is 10.1. The molecule has 2 rings (SSSR count). The second-order valence-corrected chi connectivity index (χ2v) is 4.15. The van der Waals surface area contributed by atoms with Crippen molar-refractivity contribution in [2.45, 2.75) is 6.42 Å². The van der Waals surface area contributed by atoms with Crippen LogP contribution in [0.15, 0.2) is 42.7 Å². The summed E-state index contributed by atoms with van der Waals surface area (Å²) in [6.07, 6.45) is 4.36. The molecule has 0 radical (unpaired) electrons. The van der Waals surface area contributed by atoms with Gasteiger partial charge in [-0.1, -0.05) is 12.1 Å². The van der Waals surface area contributed by atoms with Gasteiger partial charge in [-0.05, 0) is 24.1 Å². The van der Waals surface area contributed by atoms with Gasteiger partial charge in [0.15, 0.2) is 0 Å². The van der Waals surface area contributed by atoms with E-state index in [1.807, 2.05) is 37.4 Å². The zero-order chi connectivity index (χ0) is 13.5. The Morgan fingerprint density at radius 3 is 2.58 bits per heavy atom. The molecule has 2 aromatic rings. The first kappa shape index (κ1) is 13.4. The van der Waals surface area contributed by atoms with E-state index in [2.05, 4.69) is 10.3 Å². The Kier molecular flexibility index (Phi) is 4.75. The SMILES string of the molecule is CNc1cncc(Oc2ccc(CCOC)cc2)c1. The van der Waals surface area contributed by atoms with E-state index >= 15 is 0 Å². The van der Waals surface area contributed by atoms with Gasteiger partial charge in [0.05, 0.1) is 24.7 Å². The molecule has 0 unspecified atom stereocenters. The Morgan fingerprint density at radius 2 is 1.89 bits per heavy atom. The standard InChI is InChI=1S/C15H18N2O2/c1-16-13-9-15(11-17-10-13)19-14-5-3-12(4-6-14)7-8-18-2/h3-6,9-11,16H,7-8H2,1-2H3. The number of rotatable bonds is 6. The summed E-state index contributed by atoms with van der Waals surface area (Å²) in [5, 5.41) is 3.03. The van der Waals surface area contributed by atoms with Crippen LogP contribution in [0.25, 0.3) is 0 Å². The van der Waals surface area contributed by atoms with Gasteiger partial charge in [0.2, 0.25) is 0 Å². The lowest BCUT2D eigenvalue weighted by Crippen LogP contribution is -1.94. The molecule has 0 bridgehead atoms. The number of benzene rings is 1. The average molecular weight is 258 g/mol. The number of nitrogens with one attached hydrogen (secondary N) is 1. The molecule has 0 amide bonds. The number of nitrogens with zero attached hydrogens (tertiary/aromatic N) is 1. The molecule has 19 heavy (non-hydrogen) atoms. The van der Waals surface area contributed by atoms with Crippen LogP contribution in [0.2, 0.25) is 0 Å². The molecule has 100 valence electrons. The third-order valence-electron chi connectivity index (χ3n) is 2.76. The van der Waals surface area contributed by atoms with Crippen LogP contribution >= 0.6 is 0 Å². The monoisotopic (exact) mass is 258 g/mol. The molecule has 4 nitrogen and oxygen atoms in total. The Labute approximate surface area is 113 Å². The van der Waals surface area contributed by atoms with Crippen molar-refractivity contribution < 1.29 is 9.47 Å². The summed E-state index contributed by atoms with van der Waals surface area (Å²) in [7, 11) is 3.56. The van der Waals surface area contributed by atoms with Gasteiger partial charge in [0.1, 0.15) is 11.5 Å². The van der Waals surface area contributed by atoms with Gasteiger partial charge in [0, 0.05) is 20.2 Å². The zero-order valence-electron chi connectivity index (χ0n) is 11.2. The fraction of sp³-hybridized carbons (Fsp3) is 0.267. The van der Waals surface area contributed by atoms with E-state index in [0.29, 0.717) is 0 Å². The van der Waals surface area contributed by atoms with E-state index in [-0.39, 0.29) is 0 Å². The lowest BCUT2D eigenvalue weighted by molar-refractivity contribution is 0.202. The van der Waals surface area contributed by atoms with E-state index in [1.165, 1.54) is 5.56 Å². The van der Waals surface area contributed by atoms with Gasteiger partial charge in [0.25, 0.3) is 0 Å². The van der Waals surface area contributed by atoms with Gasteiger partial charge in [-0.25, -0.2) is 0 Å². The van der Waals surface area contributed by atoms with Gasteiger partial charge >= 0.3 is 0 Å². The van der Waals surface area contributed by atoms with Crippen molar-refractivity contribution >= 4 is 5.69 Å². The Morgan fingerprint density at radius 1 is 1.11 bits per heavy atom. The van der Waals surface area contributed by atoms with Crippen LogP contribution in [0.1, 0.15) is 5.56 Å². The van der Waals surface area contributed by atoms with Crippen molar-refractivity contribution in [3.8, 4) is 11.5 Å². The highest BCUT2D eigenvalue weighted by Crippen LogP contribution is 2.23. The summed E-state index contributed by atoms with van der Waals surface area (Å²) in [5.74, 6) is 1.52. The topological polar surface area (TPSA) is 43.4 Å². The largest absolute Gasteiger partial charge is 0.456 e. The van der Waals surface area contributed by atoms with Gasteiger partial charge in [-0.3, -0.25) is 4.98 Å². The molecule has 1 N–H and O–H groups in total. The molecular weight excluding hydrogens is 240 g/mol. The third-order valence-corrected chi connectivity index (χ3v) is 2.76. The quantitative estimate of drug-likeness (QED) is 0.864. The molecule has 0 aliphatic rings. The summed E-state index contributed by atoms with van der Waals surface area (Å²) >= 11 is 0. The fourth-order valence-electron chi connectivity index (χ4n) is 1.69. The van der Waals surface area contributed by atoms with E-state index < -0.39 is 0 Å². The lowest BCUT2D eigenvalue weighted by Gasteiger charge is -2.08. The summed E-state index contributed by atoms with van der Waals surface area (Å²) < 4.78 is 10.8. The van der Waals surface area contributed by atoms with Gasteiger partial charge in [-0.15, -0.1) is 0 Å². The first-order valence-corrected chi connectivity index (χ1v) is 6.20. The molecule has 0 aliphatic carbocycles. The van der Waals surface area contributed by atoms with E-state index in [4.69, 9.17) is 9.47 Å². The van der Waals surface area contributed by atoms with Crippen molar-refractivity contribution in [3.05, 3.63) is 48.3 Å². The van der Waals surface area contributed by atoms with E-state index in [1.54, 1.807) is 19.5 Å². The highest BCUT2D eigenvalue weighted by atomic mass is 16.5. The number of hydrogen-bond acceptors (Lipinski definition) is 4. The van der Waals surface area contributed by atoms with E-state index in [0.717, 1.165) is 30.2 Å². The number of anilines is 1. The van der Waals surface area contributed by atoms with Crippen LogP contribution in [-0.2, 0) is 11.2 Å². The minimum Gasteiger partial charge on any atom is -0.456 e. The molecule has 1 aromatic heterocycles. The van der Waals surface area contributed by atoms with Crippen LogP contribution < -0.4 is 10.1 Å². The highest BCUT2D eigenvalue weighted by molar-refractivity contribution is 5.45. The van der Waals surface area contributed by atoms with Crippen molar-refractivity contribution in [1.29, 1.82) is 0 Å². The molecular formula is C15H18N2O2. The maximum absolute atomic E-state index is 5.75. The molecule has 4 heteroatoms.